The minimum atomic E-state index is -1.23. The maximum atomic E-state index is 13.9. The van der Waals surface area contributed by atoms with E-state index in [4.69, 9.17) is 4.74 Å². The molecule has 0 aliphatic rings. The largest absolute Gasteiger partial charge is 0.465 e. The summed E-state index contributed by atoms with van der Waals surface area (Å²) in [6.45, 7) is 2.90. The van der Waals surface area contributed by atoms with Gasteiger partial charge in [0.05, 0.1) is 18.7 Å². The first-order valence-electron chi connectivity index (χ1n) is 7.17. The molecule has 0 saturated heterocycles. The first kappa shape index (κ1) is 19.7. The first-order valence-corrected chi connectivity index (χ1v) is 8.25. The molecule has 5 nitrogen and oxygen atoms in total. The summed E-state index contributed by atoms with van der Waals surface area (Å²) in [6.07, 6.45) is 1.25. The fourth-order valence-corrected chi connectivity index (χ4v) is 2.25. The maximum absolute atomic E-state index is 13.9. The molecule has 1 aromatic rings. The molecule has 0 spiro atoms. The molecule has 23 heavy (non-hydrogen) atoms. The highest BCUT2D eigenvalue weighted by atomic mass is 127. The van der Waals surface area contributed by atoms with Gasteiger partial charge < -0.3 is 9.64 Å². The van der Waals surface area contributed by atoms with E-state index in [0.29, 0.717) is 16.7 Å². The highest BCUT2D eigenvalue weighted by Crippen LogP contribution is 2.17. The Morgan fingerprint density at radius 3 is 2.74 bits per heavy atom. The van der Waals surface area contributed by atoms with Crippen LogP contribution < -0.4 is 0 Å². The van der Waals surface area contributed by atoms with Crippen molar-refractivity contribution in [3.63, 3.8) is 0 Å². The standard InChI is InChI=1S/C16H20FIN2O3/c1-4-23-16(22)13(10-19-7-8-20(2)3)15(21)12-9-11(18)5-6-14(12)17/h5-6,9-10,13H,4,7-8H2,1-3H3. The van der Waals surface area contributed by atoms with Crippen LogP contribution in [0.1, 0.15) is 17.3 Å². The first-order chi connectivity index (χ1) is 10.9. The van der Waals surface area contributed by atoms with E-state index >= 15 is 0 Å². The van der Waals surface area contributed by atoms with Gasteiger partial charge in [0.2, 0.25) is 0 Å². The maximum Gasteiger partial charge on any atom is 0.322 e. The Bertz CT molecular complexity index is 591. The fourth-order valence-electron chi connectivity index (χ4n) is 1.76. The topological polar surface area (TPSA) is 59.0 Å². The van der Waals surface area contributed by atoms with Crippen LogP contribution in [-0.4, -0.2) is 56.7 Å². The molecule has 0 aromatic heterocycles. The lowest BCUT2D eigenvalue weighted by molar-refractivity contribution is -0.143. The van der Waals surface area contributed by atoms with Gasteiger partial charge in [0.15, 0.2) is 11.7 Å². The molecule has 0 radical (unpaired) electrons. The number of carbonyl (C=O) groups excluding carboxylic acids is 2. The third kappa shape index (κ3) is 6.34. The Morgan fingerprint density at radius 1 is 1.43 bits per heavy atom. The molecule has 126 valence electrons. The molecule has 1 atom stereocenters. The average molecular weight is 434 g/mol. The summed E-state index contributed by atoms with van der Waals surface area (Å²) in [7, 11) is 3.79. The minimum absolute atomic E-state index is 0.131. The van der Waals surface area contributed by atoms with Crippen LogP contribution in [0.15, 0.2) is 23.2 Å². The zero-order valence-corrected chi connectivity index (χ0v) is 15.5. The predicted octanol–water partition coefficient (Wildman–Crippen LogP) is 2.42. The van der Waals surface area contributed by atoms with Crippen molar-refractivity contribution in [1.82, 2.24) is 4.90 Å². The second-order valence-electron chi connectivity index (χ2n) is 5.08. The number of aliphatic imine (C=N–C) groups is 1. The molecule has 0 saturated carbocycles. The van der Waals surface area contributed by atoms with Crippen molar-refractivity contribution in [3.05, 3.63) is 33.1 Å². The van der Waals surface area contributed by atoms with Crippen LogP contribution in [0.2, 0.25) is 0 Å². The van der Waals surface area contributed by atoms with Crippen molar-refractivity contribution in [2.24, 2.45) is 10.9 Å². The Balaban J connectivity index is 3.00. The third-order valence-electron chi connectivity index (χ3n) is 2.95. The average Bonchev–Trinajstić information content (AvgIpc) is 2.49. The molecule has 0 aliphatic carbocycles. The second kappa shape index (κ2) is 9.71. The number of carbonyl (C=O) groups is 2. The molecule has 0 N–H and O–H groups in total. The molecule has 0 amide bonds. The summed E-state index contributed by atoms with van der Waals surface area (Å²) >= 11 is 1.98. The van der Waals surface area contributed by atoms with E-state index < -0.39 is 23.5 Å². The van der Waals surface area contributed by atoms with Crippen molar-refractivity contribution in [3.8, 4) is 0 Å². The summed E-state index contributed by atoms with van der Waals surface area (Å²) in [5, 5.41) is 0. The van der Waals surface area contributed by atoms with Gasteiger partial charge >= 0.3 is 5.97 Å². The number of ketones is 1. The lowest BCUT2D eigenvalue weighted by atomic mass is 9.98. The molecule has 0 heterocycles. The zero-order chi connectivity index (χ0) is 17.4. The van der Waals surface area contributed by atoms with E-state index in [-0.39, 0.29) is 12.2 Å². The number of likely N-dealkylation sites (N-methyl/N-ethyl adjacent to an activating group) is 1. The van der Waals surface area contributed by atoms with Crippen molar-refractivity contribution in [2.45, 2.75) is 6.92 Å². The Morgan fingerprint density at radius 2 is 2.13 bits per heavy atom. The molecule has 1 unspecified atom stereocenters. The van der Waals surface area contributed by atoms with Gasteiger partial charge in [-0.15, -0.1) is 0 Å². The van der Waals surface area contributed by atoms with Gasteiger partial charge in [0, 0.05) is 16.3 Å². The van der Waals surface area contributed by atoms with Crippen LogP contribution in [0.5, 0.6) is 0 Å². The molecule has 1 aromatic carbocycles. The van der Waals surface area contributed by atoms with Gasteiger partial charge in [-0.05, 0) is 61.8 Å². The highest BCUT2D eigenvalue weighted by molar-refractivity contribution is 14.1. The zero-order valence-electron chi connectivity index (χ0n) is 13.4. The summed E-state index contributed by atoms with van der Waals surface area (Å²) in [5.41, 5.74) is -0.131. The van der Waals surface area contributed by atoms with Crippen molar-refractivity contribution in [1.29, 1.82) is 0 Å². The lowest BCUT2D eigenvalue weighted by Crippen LogP contribution is -2.29. The van der Waals surface area contributed by atoms with Crippen LogP contribution in [-0.2, 0) is 9.53 Å². The Kier molecular flexibility index (Phi) is 8.32. The number of hydrogen-bond donors (Lipinski definition) is 0. The van der Waals surface area contributed by atoms with Gasteiger partial charge in [-0.2, -0.15) is 0 Å². The Hall–Kier alpha value is -1.35. The number of ether oxygens (including phenoxy) is 1. The number of rotatable bonds is 8. The van der Waals surface area contributed by atoms with Crippen LogP contribution in [0.25, 0.3) is 0 Å². The van der Waals surface area contributed by atoms with Crippen LogP contribution in [0.3, 0.4) is 0 Å². The van der Waals surface area contributed by atoms with E-state index in [1.54, 1.807) is 13.0 Å². The van der Waals surface area contributed by atoms with E-state index in [0.717, 1.165) is 0 Å². The van der Waals surface area contributed by atoms with Crippen LogP contribution in [0.4, 0.5) is 4.39 Å². The van der Waals surface area contributed by atoms with Gasteiger partial charge in [0.1, 0.15) is 5.82 Å². The summed E-state index contributed by atoms with van der Waals surface area (Å²) in [4.78, 5) is 30.6. The van der Waals surface area contributed by atoms with Crippen molar-refractivity contribution >= 4 is 40.6 Å². The number of esters is 1. The van der Waals surface area contributed by atoms with Gasteiger partial charge in [-0.25, -0.2) is 4.39 Å². The van der Waals surface area contributed by atoms with Gasteiger partial charge in [-0.3, -0.25) is 14.6 Å². The predicted molar refractivity (Wildman–Crippen MR) is 95.5 cm³/mol. The normalized spacial score (nSPS) is 12.6. The monoisotopic (exact) mass is 434 g/mol. The lowest BCUT2D eigenvalue weighted by Gasteiger charge is -2.12. The van der Waals surface area contributed by atoms with E-state index in [1.807, 2.05) is 41.6 Å². The fraction of sp³-hybridized carbons (Fsp3) is 0.438. The number of benzene rings is 1. The molecule has 0 fully saturated rings. The highest BCUT2D eigenvalue weighted by Gasteiger charge is 2.29. The smallest absolute Gasteiger partial charge is 0.322 e. The molecule has 0 aliphatic heterocycles. The summed E-state index contributed by atoms with van der Waals surface area (Å²) < 4.78 is 19.5. The summed E-state index contributed by atoms with van der Waals surface area (Å²) in [5.74, 6) is -3.26. The van der Waals surface area contributed by atoms with Crippen molar-refractivity contribution in [2.75, 3.05) is 33.8 Å². The SMILES string of the molecule is CCOC(=O)C(C=NCCN(C)C)C(=O)c1cc(I)ccc1F. The molecule has 1 rings (SSSR count). The van der Waals surface area contributed by atoms with Crippen LogP contribution in [0, 0.1) is 15.3 Å². The molecular formula is C16H20FIN2O3. The molecule has 0 bridgehead atoms. The van der Waals surface area contributed by atoms with E-state index in [1.165, 1.54) is 18.3 Å². The second-order valence-corrected chi connectivity index (χ2v) is 6.32. The van der Waals surface area contributed by atoms with Gasteiger partial charge in [-0.1, -0.05) is 0 Å². The summed E-state index contributed by atoms with van der Waals surface area (Å²) in [6, 6.07) is 4.18. The van der Waals surface area contributed by atoms with Gasteiger partial charge in [0.25, 0.3) is 0 Å². The number of Topliss-reactive ketones (excluding diaryl/α,β-unsaturated/α-hetero) is 1. The number of halogens is 2. The minimum Gasteiger partial charge on any atom is -0.465 e. The number of nitrogens with zero attached hydrogens (tertiary/aromatic N) is 2. The number of hydrogen-bond acceptors (Lipinski definition) is 5. The van der Waals surface area contributed by atoms with E-state index in [9.17, 15) is 14.0 Å². The molecule has 7 heteroatoms. The quantitative estimate of drug-likeness (QED) is 0.207. The third-order valence-corrected chi connectivity index (χ3v) is 3.62. The van der Waals surface area contributed by atoms with E-state index in [2.05, 4.69) is 4.99 Å². The van der Waals surface area contributed by atoms with Crippen molar-refractivity contribution < 1.29 is 18.7 Å². The molecular weight excluding hydrogens is 414 g/mol. The Labute approximate surface area is 149 Å². The van der Waals surface area contributed by atoms with Crippen LogP contribution >= 0.6 is 22.6 Å².